The predicted molar refractivity (Wildman–Crippen MR) is 67.4 cm³/mol. The van der Waals surface area contributed by atoms with Crippen LogP contribution in [0.2, 0.25) is 0 Å². The summed E-state index contributed by atoms with van der Waals surface area (Å²) in [5.41, 5.74) is 1.37. The Hall–Kier alpha value is -2.16. The highest BCUT2D eigenvalue weighted by atomic mass is 19.1. The molecule has 0 bridgehead atoms. The number of aromatic nitrogens is 1. The Morgan fingerprint density at radius 2 is 1.78 bits per heavy atom. The lowest BCUT2D eigenvalue weighted by Crippen LogP contribution is -2.01. The third kappa shape index (κ3) is 1.88. The molecule has 3 rings (SSSR count). The molecule has 0 amide bonds. The van der Waals surface area contributed by atoms with Crippen LogP contribution in [0.3, 0.4) is 0 Å². The van der Waals surface area contributed by atoms with E-state index in [-0.39, 0.29) is 5.82 Å². The SMILES string of the molecule is Fc1ccc(F)c(Cn2ccc3ccccc32)c1. The molecule has 0 fully saturated rings. The number of hydrogen-bond donors (Lipinski definition) is 0. The molecule has 3 heteroatoms. The number of nitrogens with zero attached hydrogens (tertiary/aromatic N) is 1. The molecule has 90 valence electrons. The quantitative estimate of drug-likeness (QED) is 0.642. The first-order valence-corrected chi connectivity index (χ1v) is 5.72. The van der Waals surface area contributed by atoms with Crippen LogP contribution < -0.4 is 0 Å². The summed E-state index contributed by atoms with van der Waals surface area (Å²) in [5.74, 6) is -0.794. The largest absolute Gasteiger partial charge is 0.343 e. The van der Waals surface area contributed by atoms with Crippen molar-refractivity contribution in [2.75, 3.05) is 0 Å². The van der Waals surface area contributed by atoms with E-state index in [2.05, 4.69) is 0 Å². The zero-order valence-corrected chi connectivity index (χ0v) is 9.61. The molecular weight excluding hydrogens is 232 g/mol. The van der Waals surface area contributed by atoms with Gasteiger partial charge in [0.2, 0.25) is 0 Å². The van der Waals surface area contributed by atoms with E-state index in [1.165, 1.54) is 6.07 Å². The molecule has 0 atom stereocenters. The summed E-state index contributed by atoms with van der Waals surface area (Å²) < 4.78 is 28.6. The van der Waals surface area contributed by atoms with Crippen molar-refractivity contribution < 1.29 is 8.78 Å². The molecule has 0 spiro atoms. The Bertz CT molecular complexity index is 701. The minimum absolute atomic E-state index is 0.330. The van der Waals surface area contributed by atoms with Crippen LogP contribution in [0.25, 0.3) is 10.9 Å². The van der Waals surface area contributed by atoms with Crippen molar-refractivity contribution >= 4 is 10.9 Å². The monoisotopic (exact) mass is 243 g/mol. The summed E-state index contributed by atoms with van der Waals surface area (Å²) in [6, 6.07) is 13.3. The Kier molecular flexibility index (Phi) is 2.59. The summed E-state index contributed by atoms with van der Waals surface area (Å²) in [5, 5.41) is 1.09. The van der Waals surface area contributed by atoms with Crippen LogP contribution in [0.15, 0.2) is 54.7 Å². The fourth-order valence-electron chi connectivity index (χ4n) is 2.13. The molecule has 2 aromatic carbocycles. The molecule has 0 aliphatic carbocycles. The van der Waals surface area contributed by atoms with Crippen molar-refractivity contribution in [3.63, 3.8) is 0 Å². The topological polar surface area (TPSA) is 4.93 Å². The average Bonchev–Trinajstić information content (AvgIpc) is 2.78. The van der Waals surface area contributed by atoms with Gasteiger partial charge in [-0.25, -0.2) is 8.78 Å². The Balaban J connectivity index is 2.04. The second-order valence-electron chi connectivity index (χ2n) is 4.24. The van der Waals surface area contributed by atoms with Crippen LogP contribution >= 0.6 is 0 Å². The lowest BCUT2D eigenvalue weighted by atomic mass is 10.2. The van der Waals surface area contributed by atoms with E-state index in [0.717, 1.165) is 23.0 Å². The maximum Gasteiger partial charge on any atom is 0.128 e. The highest BCUT2D eigenvalue weighted by Gasteiger charge is 2.06. The van der Waals surface area contributed by atoms with E-state index in [4.69, 9.17) is 0 Å². The number of para-hydroxylation sites is 1. The molecular formula is C15H11F2N. The minimum atomic E-state index is -0.414. The summed E-state index contributed by atoms with van der Waals surface area (Å²) in [4.78, 5) is 0. The van der Waals surface area contributed by atoms with Crippen LogP contribution in [0.1, 0.15) is 5.56 Å². The van der Waals surface area contributed by atoms with Gasteiger partial charge in [0.25, 0.3) is 0 Å². The lowest BCUT2D eigenvalue weighted by Gasteiger charge is -2.07. The van der Waals surface area contributed by atoms with Crippen LogP contribution in [0.4, 0.5) is 8.78 Å². The van der Waals surface area contributed by atoms with E-state index >= 15 is 0 Å². The molecule has 0 aliphatic heterocycles. The van der Waals surface area contributed by atoms with Crippen LogP contribution in [-0.2, 0) is 6.54 Å². The molecule has 0 aliphatic rings. The van der Waals surface area contributed by atoms with Crippen LogP contribution in [-0.4, -0.2) is 4.57 Å². The summed E-state index contributed by atoms with van der Waals surface area (Å²) in [7, 11) is 0. The van der Waals surface area contributed by atoms with E-state index in [9.17, 15) is 8.78 Å². The number of benzene rings is 2. The molecule has 3 aromatic rings. The van der Waals surface area contributed by atoms with Crippen molar-refractivity contribution in [2.45, 2.75) is 6.54 Å². The Morgan fingerprint density at radius 3 is 2.67 bits per heavy atom. The smallest absolute Gasteiger partial charge is 0.128 e. The van der Waals surface area contributed by atoms with Gasteiger partial charge >= 0.3 is 0 Å². The second-order valence-corrected chi connectivity index (χ2v) is 4.24. The Morgan fingerprint density at radius 1 is 0.944 bits per heavy atom. The van der Waals surface area contributed by atoms with E-state index in [0.29, 0.717) is 12.1 Å². The van der Waals surface area contributed by atoms with Crippen molar-refractivity contribution in [2.24, 2.45) is 0 Å². The van der Waals surface area contributed by atoms with Gasteiger partial charge in [0.1, 0.15) is 11.6 Å². The van der Waals surface area contributed by atoms with Gasteiger partial charge in [0.15, 0.2) is 0 Å². The minimum Gasteiger partial charge on any atom is -0.343 e. The molecule has 0 saturated carbocycles. The molecule has 1 nitrogen and oxygen atoms in total. The number of rotatable bonds is 2. The first-order chi connectivity index (χ1) is 8.74. The normalized spacial score (nSPS) is 11.0. The highest BCUT2D eigenvalue weighted by molar-refractivity contribution is 5.80. The Labute approximate surface area is 103 Å². The third-order valence-electron chi connectivity index (χ3n) is 3.03. The van der Waals surface area contributed by atoms with Gasteiger partial charge in [-0.1, -0.05) is 18.2 Å². The zero-order valence-electron chi connectivity index (χ0n) is 9.61. The zero-order chi connectivity index (χ0) is 12.5. The maximum absolute atomic E-state index is 13.6. The first-order valence-electron chi connectivity index (χ1n) is 5.72. The van der Waals surface area contributed by atoms with Crippen molar-refractivity contribution in [3.8, 4) is 0 Å². The van der Waals surface area contributed by atoms with E-state index in [1.807, 2.05) is 41.1 Å². The fourth-order valence-corrected chi connectivity index (χ4v) is 2.13. The average molecular weight is 243 g/mol. The van der Waals surface area contributed by atoms with E-state index < -0.39 is 5.82 Å². The van der Waals surface area contributed by atoms with Crippen molar-refractivity contribution in [1.82, 2.24) is 4.57 Å². The number of halogens is 2. The van der Waals surface area contributed by atoms with Gasteiger partial charge in [0.05, 0.1) is 6.54 Å². The third-order valence-corrected chi connectivity index (χ3v) is 3.03. The van der Waals surface area contributed by atoms with E-state index in [1.54, 1.807) is 0 Å². The molecule has 0 radical (unpaired) electrons. The summed E-state index contributed by atoms with van der Waals surface area (Å²) in [6.45, 7) is 0.330. The van der Waals surface area contributed by atoms with Gasteiger partial charge in [-0.05, 0) is 35.7 Å². The second kappa shape index (κ2) is 4.26. The number of fused-ring (bicyclic) bond motifs is 1. The standard InChI is InChI=1S/C15H11F2N/c16-13-5-6-14(17)12(9-13)10-18-8-7-11-3-1-2-4-15(11)18/h1-9H,10H2. The van der Waals surface area contributed by atoms with Gasteiger partial charge in [-0.2, -0.15) is 0 Å². The molecule has 0 saturated heterocycles. The van der Waals surface area contributed by atoms with Gasteiger partial charge < -0.3 is 4.57 Å². The molecule has 1 heterocycles. The van der Waals surface area contributed by atoms with Gasteiger partial charge in [-0.15, -0.1) is 0 Å². The fraction of sp³-hybridized carbons (Fsp3) is 0.0667. The maximum atomic E-state index is 13.6. The lowest BCUT2D eigenvalue weighted by molar-refractivity contribution is 0.579. The predicted octanol–water partition coefficient (Wildman–Crippen LogP) is 3.97. The highest BCUT2D eigenvalue weighted by Crippen LogP contribution is 2.18. The van der Waals surface area contributed by atoms with Crippen molar-refractivity contribution in [1.29, 1.82) is 0 Å². The molecule has 0 unspecified atom stereocenters. The van der Waals surface area contributed by atoms with Crippen LogP contribution in [0.5, 0.6) is 0 Å². The van der Waals surface area contributed by atoms with Crippen molar-refractivity contribution in [3.05, 3.63) is 71.9 Å². The van der Waals surface area contributed by atoms with Crippen LogP contribution in [0, 0.1) is 11.6 Å². The molecule has 1 aromatic heterocycles. The van der Waals surface area contributed by atoms with Gasteiger partial charge in [0, 0.05) is 17.3 Å². The number of hydrogen-bond acceptors (Lipinski definition) is 0. The summed E-state index contributed by atoms with van der Waals surface area (Å²) in [6.07, 6.45) is 1.88. The molecule has 0 N–H and O–H groups in total. The molecule has 18 heavy (non-hydrogen) atoms. The summed E-state index contributed by atoms with van der Waals surface area (Å²) >= 11 is 0. The first kappa shape index (κ1) is 11.0. The van der Waals surface area contributed by atoms with Gasteiger partial charge in [-0.3, -0.25) is 0 Å².